The van der Waals surface area contributed by atoms with Crippen LogP contribution in [0.5, 0.6) is 0 Å². The molecule has 0 bridgehead atoms. The number of carboxylic acid groups (broad SMARTS) is 1. The van der Waals surface area contributed by atoms with Gasteiger partial charge in [0.2, 0.25) is 5.91 Å². The SMILES string of the molecule is CCOC(CCNC(=O)[C@H](CC(=O)O)NC(=O)OCc1ccccc1)OCC. The third-order valence-electron chi connectivity index (χ3n) is 3.58. The molecule has 0 aromatic heterocycles. The highest BCUT2D eigenvalue weighted by atomic mass is 16.7. The van der Waals surface area contributed by atoms with Crippen LogP contribution in [0.15, 0.2) is 30.3 Å². The Morgan fingerprint density at radius 3 is 2.29 bits per heavy atom. The Kier molecular flexibility index (Phi) is 11.3. The van der Waals surface area contributed by atoms with Crippen molar-refractivity contribution in [2.24, 2.45) is 0 Å². The van der Waals surface area contributed by atoms with Crippen LogP contribution in [0, 0.1) is 0 Å². The van der Waals surface area contributed by atoms with Gasteiger partial charge in [0.25, 0.3) is 0 Å². The topological polar surface area (TPSA) is 123 Å². The molecule has 0 saturated carbocycles. The molecule has 0 fully saturated rings. The van der Waals surface area contributed by atoms with Crippen LogP contribution < -0.4 is 10.6 Å². The van der Waals surface area contributed by atoms with Gasteiger partial charge in [-0.05, 0) is 19.4 Å². The number of aliphatic carboxylic acids is 1. The van der Waals surface area contributed by atoms with Gasteiger partial charge in [0.05, 0.1) is 6.42 Å². The standard InChI is InChI=1S/C19H28N2O7/c1-3-26-17(27-4-2)10-11-20-18(24)15(12-16(22)23)21-19(25)28-13-14-8-6-5-7-9-14/h5-9,15,17H,3-4,10-13H2,1-2H3,(H,20,24)(H,21,25)(H,22,23)/t15-/m0/s1. The van der Waals surface area contributed by atoms with Crippen molar-refractivity contribution in [3.63, 3.8) is 0 Å². The van der Waals surface area contributed by atoms with Gasteiger partial charge in [-0.1, -0.05) is 30.3 Å². The zero-order valence-corrected chi connectivity index (χ0v) is 16.2. The lowest BCUT2D eigenvalue weighted by Gasteiger charge is -2.19. The molecule has 0 spiro atoms. The van der Waals surface area contributed by atoms with Crippen molar-refractivity contribution in [3.05, 3.63) is 35.9 Å². The minimum Gasteiger partial charge on any atom is -0.481 e. The monoisotopic (exact) mass is 396 g/mol. The van der Waals surface area contributed by atoms with E-state index in [1.54, 1.807) is 24.3 Å². The van der Waals surface area contributed by atoms with Gasteiger partial charge >= 0.3 is 12.1 Å². The lowest BCUT2D eigenvalue weighted by Crippen LogP contribution is -2.48. The van der Waals surface area contributed by atoms with E-state index in [0.717, 1.165) is 5.56 Å². The summed E-state index contributed by atoms with van der Waals surface area (Å²) < 4.78 is 15.8. The Balaban J connectivity index is 2.49. The molecule has 1 aromatic carbocycles. The number of alkyl carbamates (subject to hydrolysis) is 1. The molecule has 9 heteroatoms. The first-order valence-electron chi connectivity index (χ1n) is 9.16. The minimum absolute atomic E-state index is 0.0124. The van der Waals surface area contributed by atoms with Crippen LogP contribution in [0.25, 0.3) is 0 Å². The predicted molar refractivity (Wildman–Crippen MR) is 100 cm³/mol. The Bertz CT molecular complexity index is 604. The predicted octanol–water partition coefficient (Wildman–Crippen LogP) is 1.66. The fourth-order valence-electron chi connectivity index (χ4n) is 2.31. The third kappa shape index (κ3) is 9.89. The van der Waals surface area contributed by atoms with Crippen LogP contribution in [0.2, 0.25) is 0 Å². The van der Waals surface area contributed by atoms with Crippen LogP contribution in [-0.4, -0.2) is 55.2 Å². The summed E-state index contributed by atoms with van der Waals surface area (Å²) in [7, 11) is 0. The van der Waals surface area contributed by atoms with Gasteiger partial charge in [0.1, 0.15) is 12.6 Å². The zero-order chi connectivity index (χ0) is 20.8. The van der Waals surface area contributed by atoms with Gasteiger partial charge in [0.15, 0.2) is 6.29 Å². The van der Waals surface area contributed by atoms with E-state index in [-0.39, 0.29) is 13.2 Å². The molecule has 1 atom stereocenters. The number of hydrogen-bond acceptors (Lipinski definition) is 6. The second-order valence-electron chi connectivity index (χ2n) is 5.78. The summed E-state index contributed by atoms with van der Waals surface area (Å²) in [6.07, 6.45) is -1.50. The molecule has 28 heavy (non-hydrogen) atoms. The van der Waals surface area contributed by atoms with Gasteiger partial charge in [-0.3, -0.25) is 9.59 Å². The summed E-state index contributed by atoms with van der Waals surface area (Å²) in [5, 5.41) is 13.9. The maximum Gasteiger partial charge on any atom is 0.408 e. The fraction of sp³-hybridized carbons (Fsp3) is 0.526. The minimum atomic E-state index is -1.25. The number of amides is 2. The maximum absolute atomic E-state index is 12.3. The van der Waals surface area contributed by atoms with E-state index in [1.165, 1.54) is 0 Å². The number of carboxylic acids is 1. The van der Waals surface area contributed by atoms with Crippen molar-refractivity contribution in [1.29, 1.82) is 0 Å². The van der Waals surface area contributed by atoms with Crippen LogP contribution in [0.3, 0.4) is 0 Å². The molecule has 1 aromatic rings. The first-order chi connectivity index (χ1) is 13.5. The second kappa shape index (κ2) is 13.5. The largest absolute Gasteiger partial charge is 0.481 e. The maximum atomic E-state index is 12.3. The van der Waals surface area contributed by atoms with Crippen molar-refractivity contribution < 1.29 is 33.7 Å². The highest BCUT2D eigenvalue weighted by molar-refractivity contribution is 5.89. The number of nitrogens with one attached hydrogen (secondary N) is 2. The summed E-state index contributed by atoms with van der Waals surface area (Å²) in [4.78, 5) is 35.2. The Hall–Kier alpha value is -2.65. The van der Waals surface area contributed by atoms with Crippen molar-refractivity contribution in [2.75, 3.05) is 19.8 Å². The van der Waals surface area contributed by atoms with Crippen LogP contribution in [0.1, 0.15) is 32.3 Å². The molecule has 0 heterocycles. The van der Waals surface area contributed by atoms with Crippen LogP contribution in [-0.2, 0) is 30.4 Å². The number of carbonyl (C=O) groups excluding carboxylic acids is 2. The number of ether oxygens (including phenoxy) is 3. The Morgan fingerprint density at radius 1 is 1.07 bits per heavy atom. The Morgan fingerprint density at radius 2 is 1.71 bits per heavy atom. The molecule has 156 valence electrons. The molecule has 3 N–H and O–H groups in total. The average molecular weight is 396 g/mol. The quantitative estimate of drug-likeness (QED) is 0.433. The number of carbonyl (C=O) groups is 3. The summed E-state index contributed by atoms with van der Waals surface area (Å²) in [6.45, 7) is 4.82. The smallest absolute Gasteiger partial charge is 0.408 e. The third-order valence-corrected chi connectivity index (χ3v) is 3.58. The molecule has 1 rings (SSSR count). The number of benzene rings is 1. The van der Waals surface area contributed by atoms with E-state index in [1.807, 2.05) is 19.9 Å². The van der Waals surface area contributed by atoms with Crippen molar-refractivity contribution in [3.8, 4) is 0 Å². The van der Waals surface area contributed by atoms with E-state index in [9.17, 15) is 14.4 Å². The number of rotatable bonds is 13. The Labute approximate surface area is 164 Å². The van der Waals surface area contributed by atoms with Gasteiger partial charge in [-0.15, -0.1) is 0 Å². The molecule has 0 aliphatic carbocycles. The zero-order valence-electron chi connectivity index (χ0n) is 16.2. The van der Waals surface area contributed by atoms with E-state index < -0.39 is 36.7 Å². The average Bonchev–Trinajstić information content (AvgIpc) is 2.66. The van der Waals surface area contributed by atoms with Crippen LogP contribution >= 0.6 is 0 Å². The first-order valence-corrected chi connectivity index (χ1v) is 9.16. The highest BCUT2D eigenvalue weighted by Gasteiger charge is 2.24. The summed E-state index contributed by atoms with van der Waals surface area (Å²) in [5.74, 6) is -1.84. The van der Waals surface area contributed by atoms with Gasteiger partial charge < -0.3 is 30.0 Å². The molecule has 0 radical (unpaired) electrons. The van der Waals surface area contributed by atoms with Crippen molar-refractivity contribution >= 4 is 18.0 Å². The molecule has 0 unspecified atom stereocenters. The van der Waals surface area contributed by atoms with Gasteiger partial charge in [-0.25, -0.2) is 4.79 Å². The fourth-order valence-corrected chi connectivity index (χ4v) is 2.31. The van der Waals surface area contributed by atoms with E-state index in [2.05, 4.69) is 10.6 Å². The molecular weight excluding hydrogens is 368 g/mol. The van der Waals surface area contributed by atoms with Crippen LogP contribution in [0.4, 0.5) is 4.79 Å². The molecule has 2 amide bonds. The summed E-state index contributed by atoms with van der Waals surface area (Å²) in [5.41, 5.74) is 0.773. The van der Waals surface area contributed by atoms with Crippen molar-refractivity contribution in [1.82, 2.24) is 10.6 Å². The summed E-state index contributed by atoms with van der Waals surface area (Å²) in [6, 6.07) is 7.74. The first kappa shape index (κ1) is 23.4. The molecular formula is C19H28N2O7. The molecule has 0 aliphatic heterocycles. The van der Waals surface area contributed by atoms with Gasteiger partial charge in [0, 0.05) is 26.2 Å². The second-order valence-corrected chi connectivity index (χ2v) is 5.78. The van der Waals surface area contributed by atoms with E-state index in [0.29, 0.717) is 19.6 Å². The normalized spacial score (nSPS) is 11.7. The van der Waals surface area contributed by atoms with Gasteiger partial charge in [-0.2, -0.15) is 0 Å². The highest BCUT2D eigenvalue weighted by Crippen LogP contribution is 2.03. The molecule has 9 nitrogen and oxygen atoms in total. The molecule has 0 aliphatic rings. The molecule has 0 saturated heterocycles. The lowest BCUT2D eigenvalue weighted by molar-refractivity contribution is -0.142. The summed E-state index contributed by atoms with van der Waals surface area (Å²) >= 11 is 0. The van der Waals surface area contributed by atoms with E-state index in [4.69, 9.17) is 19.3 Å². The van der Waals surface area contributed by atoms with E-state index >= 15 is 0 Å². The van der Waals surface area contributed by atoms with Crippen molar-refractivity contribution in [2.45, 2.75) is 45.6 Å². The number of hydrogen-bond donors (Lipinski definition) is 3. The lowest BCUT2D eigenvalue weighted by atomic mass is 10.2.